The van der Waals surface area contributed by atoms with Crippen LogP contribution >= 0.6 is 0 Å². The summed E-state index contributed by atoms with van der Waals surface area (Å²) in [6.07, 6.45) is 6.06. The van der Waals surface area contributed by atoms with Gasteiger partial charge in [0, 0.05) is 31.2 Å². The lowest BCUT2D eigenvalue weighted by atomic mass is 10.3. The zero-order chi connectivity index (χ0) is 12.8. The minimum absolute atomic E-state index is 0.265. The summed E-state index contributed by atoms with van der Waals surface area (Å²) in [5, 5.41) is 2.73. The number of nitrogens with zero attached hydrogens (tertiary/aromatic N) is 3. The van der Waals surface area contributed by atoms with Crippen molar-refractivity contribution >= 4 is 5.91 Å². The summed E-state index contributed by atoms with van der Waals surface area (Å²) in [4.78, 5) is 23.5. The maximum atomic E-state index is 11.7. The van der Waals surface area contributed by atoms with Crippen LogP contribution in [-0.2, 0) is 6.54 Å². The molecule has 1 N–H and O–H groups in total. The molecule has 2 heterocycles. The Morgan fingerprint density at radius 3 is 2.78 bits per heavy atom. The van der Waals surface area contributed by atoms with Crippen LogP contribution in [0, 0.1) is 0 Å². The highest BCUT2D eigenvalue weighted by Gasteiger charge is 2.06. The van der Waals surface area contributed by atoms with Crippen molar-refractivity contribution in [2.24, 2.45) is 0 Å². The van der Waals surface area contributed by atoms with E-state index in [9.17, 15) is 4.79 Å². The van der Waals surface area contributed by atoms with Gasteiger partial charge in [-0.15, -0.1) is 0 Å². The molecule has 0 aliphatic rings. The van der Waals surface area contributed by atoms with E-state index >= 15 is 0 Å². The van der Waals surface area contributed by atoms with Gasteiger partial charge in [-0.3, -0.25) is 9.78 Å². The molecule has 0 saturated heterocycles. The molecular weight excluding hydrogens is 232 g/mol. The maximum Gasteiger partial charge on any atom is 0.271 e. The minimum atomic E-state index is -0.265. The summed E-state index contributed by atoms with van der Waals surface area (Å²) >= 11 is 0. The molecule has 2 rings (SSSR count). The fourth-order valence-electron chi connectivity index (χ4n) is 1.33. The average molecular weight is 244 g/mol. The van der Waals surface area contributed by atoms with Crippen molar-refractivity contribution in [3.63, 3.8) is 0 Å². The lowest BCUT2D eigenvalue weighted by Gasteiger charge is -2.04. The van der Waals surface area contributed by atoms with Crippen LogP contribution in [0.4, 0.5) is 0 Å². The largest absolute Gasteiger partial charge is 0.481 e. The van der Waals surface area contributed by atoms with Gasteiger partial charge in [0.05, 0.1) is 13.3 Å². The molecule has 0 saturated carbocycles. The highest BCUT2D eigenvalue weighted by Crippen LogP contribution is 2.06. The SMILES string of the molecule is COc1ccc(CNC(=O)c2cnccn2)cn1. The van der Waals surface area contributed by atoms with Gasteiger partial charge in [0.1, 0.15) is 5.69 Å². The van der Waals surface area contributed by atoms with Crippen molar-refractivity contribution in [3.05, 3.63) is 48.2 Å². The average Bonchev–Trinajstić information content (AvgIpc) is 2.46. The molecule has 6 heteroatoms. The Morgan fingerprint density at radius 1 is 1.28 bits per heavy atom. The van der Waals surface area contributed by atoms with Gasteiger partial charge in [-0.05, 0) is 5.56 Å². The molecule has 0 atom stereocenters. The number of hydrogen-bond donors (Lipinski definition) is 1. The lowest BCUT2D eigenvalue weighted by Crippen LogP contribution is -2.23. The first-order valence-electron chi connectivity index (χ1n) is 5.32. The third-order valence-corrected chi connectivity index (χ3v) is 2.26. The van der Waals surface area contributed by atoms with Crippen LogP contribution in [-0.4, -0.2) is 28.0 Å². The van der Waals surface area contributed by atoms with E-state index in [1.54, 1.807) is 19.4 Å². The predicted octanol–water partition coefficient (Wildman–Crippen LogP) is 0.810. The van der Waals surface area contributed by atoms with Gasteiger partial charge in [-0.1, -0.05) is 6.07 Å². The van der Waals surface area contributed by atoms with E-state index in [0.29, 0.717) is 18.1 Å². The number of amides is 1. The highest BCUT2D eigenvalue weighted by molar-refractivity contribution is 5.91. The first-order chi connectivity index (χ1) is 8.79. The number of ether oxygens (including phenoxy) is 1. The van der Waals surface area contributed by atoms with Crippen LogP contribution in [0.15, 0.2) is 36.9 Å². The Balaban J connectivity index is 1.93. The van der Waals surface area contributed by atoms with E-state index < -0.39 is 0 Å². The van der Waals surface area contributed by atoms with Crippen LogP contribution in [0.5, 0.6) is 5.88 Å². The van der Waals surface area contributed by atoms with Gasteiger partial charge in [0.25, 0.3) is 5.91 Å². The second-order valence-corrected chi connectivity index (χ2v) is 3.48. The van der Waals surface area contributed by atoms with Gasteiger partial charge >= 0.3 is 0 Å². The van der Waals surface area contributed by atoms with Crippen LogP contribution in [0.3, 0.4) is 0 Å². The van der Waals surface area contributed by atoms with E-state index in [2.05, 4.69) is 20.3 Å². The molecule has 0 spiro atoms. The van der Waals surface area contributed by atoms with Crippen LogP contribution in [0.25, 0.3) is 0 Å². The molecule has 0 aliphatic heterocycles. The van der Waals surface area contributed by atoms with Crippen molar-refractivity contribution in [2.75, 3.05) is 7.11 Å². The smallest absolute Gasteiger partial charge is 0.271 e. The minimum Gasteiger partial charge on any atom is -0.481 e. The number of pyridine rings is 1. The summed E-state index contributed by atoms with van der Waals surface area (Å²) in [6, 6.07) is 3.58. The van der Waals surface area contributed by atoms with E-state index in [4.69, 9.17) is 4.74 Å². The normalized spacial score (nSPS) is 9.83. The number of nitrogens with one attached hydrogen (secondary N) is 1. The van der Waals surface area contributed by atoms with Crippen LogP contribution < -0.4 is 10.1 Å². The molecule has 1 amide bonds. The molecule has 2 aromatic heterocycles. The molecule has 18 heavy (non-hydrogen) atoms. The highest BCUT2D eigenvalue weighted by atomic mass is 16.5. The standard InChI is InChI=1S/C12H12N4O2/c1-18-11-3-2-9(6-15-11)7-16-12(17)10-8-13-4-5-14-10/h2-6,8H,7H2,1H3,(H,16,17). The third kappa shape index (κ3) is 3.00. The van der Waals surface area contributed by atoms with Crippen LogP contribution in [0.1, 0.15) is 16.1 Å². The monoisotopic (exact) mass is 244 g/mol. The summed E-state index contributed by atoms with van der Waals surface area (Å²) in [5.74, 6) is 0.276. The van der Waals surface area contributed by atoms with Gasteiger partial charge in [-0.2, -0.15) is 0 Å². The van der Waals surface area contributed by atoms with Gasteiger partial charge in [-0.25, -0.2) is 9.97 Å². The Hall–Kier alpha value is -2.50. The molecule has 0 radical (unpaired) electrons. The third-order valence-electron chi connectivity index (χ3n) is 2.26. The number of carbonyl (C=O) groups excluding carboxylic acids is 1. The van der Waals surface area contributed by atoms with E-state index in [1.807, 2.05) is 6.07 Å². The number of methoxy groups -OCH3 is 1. The molecule has 92 valence electrons. The predicted molar refractivity (Wildman–Crippen MR) is 64.0 cm³/mol. The molecule has 0 aromatic carbocycles. The van der Waals surface area contributed by atoms with Crippen molar-refractivity contribution in [1.82, 2.24) is 20.3 Å². The molecule has 0 fully saturated rings. The topological polar surface area (TPSA) is 77.0 Å². The number of rotatable bonds is 4. The fourth-order valence-corrected chi connectivity index (χ4v) is 1.33. The molecule has 0 aliphatic carbocycles. The summed E-state index contributed by atoms with van der Waals surface area (Å²) in [5.41, 5.74) is 1.17. The zero-order valence-electron chi connectivity index (χ0n) is 9.83. The second kappa shape index (κ2) is 5.72. The molecular formula is C12H12N4O2. The fraction of sp³-hybridized carbons (Fsp3) is 0.167. The number of hydrogen-bond acceptors (Lipinski definition) is 5. The number of aromatic nitrogens is 3. The van der Waals surface area contributed by atoms with Gasteiger partial charge in [0.15, 0.2) is 0 Å². The van der Waals surface area contributed by atoms with E-state index in [1.165, 1.54) is 18.6 Å². The lowest BCUT2D eigenvalue weighted by molar-refractivity contribution is 0.0945. The Labute approximate surface area is 104 Å². The second-order valence-electron chi connectivity index (χ2n) is 3.48. The van der Waals surface area contributed by atoms with E-state index in [-0.39, 0.29) is 5.91 Å². The first kappa shape index (κ1) is 12.0. The molecule has 0 bridgehead atoms. The molecule has 6 nitrogen and oxygen atoms in total. The summed E-state index contributed by atoms with van der Waals surface area (Å²) in [7, 11) is 1.55. The molecule has 2 aromatic rings. The van der Waals surface area contributed by atoms with Crippen molar-refractivity contribution < 1.29 is 9.53 Å². The quantitative estimate of drug-likeness (QED) is 0.861. The van der Waals surface area contributed by atoms with Crippen molar-refractivity contribution in [2.45, 2.75) is 6.54 Å². The Kier molecular flexibility index (Phi) is 3.80. The summed E-state index contributed by atoms with van der Waals surface area (Å²) in [6.45, 7) is 0.381. The Bertz CT molecular complexity index is 513. The number of carbonyl (C=O) groups is 1. The van der Waals surface area contributed by atoms with Crippen molar-refractivity contribution in [3.8, 4) is 5.88 Å². The first-order valence-corrected chi connectivity index (χ1v) is 5.32. The molecule has 0 unspecified atom stereocenters. The maximum absolute atomic E-state index is 11.7. The van der Waals surface area contributed by atoms with E-state index in [0.717, 1.165) is 5.56 Å². The van der Waals surface area contributed by atoms with Crippen LogP contribution in [0.2, 0.25) is 0 Å². The zero-order valence-corrected chi connectivity index (χ0v) is 9.83. The van der Waals surface area contributed by atoms with Gasteiger partial charge in [0.2, 0.25) is 5.88 Å². The van der Waals surface area contributed by atoms with Gasteiger partial charge < -0.3 is 10.1 Å². The Morgan fingerprint density at radius 2 is 2.17 bits per heavy atom. The van der Waals surface area contributed by atoms with Crippen molar-refractivity contribution in [1.29, 1.82) is 0 Å². The summed E-state index contributed by atoms with van der Waals surface area (Å²) < 4.78 is 4.95.